The number of carbonyl (C=O) groups excluding carboxylic acids is 1. The van der Waals surface area contributed by atoms with Crippen LogP contribution < -0.4 is 0 Å². The molecule has 0 aliphatic carbocycles. The molecule has 0 aromatic carbocycles. The molecular weight excluding hydrogens is 188 g/mol. The average molecular weight is 208 g/mol. The molecule has 0 rings (SSSR count). The maximum Gasteiger partial charge on any atom is 0.313 e. The van der Waals surface area contributed by atoms with Crippen LogP contribution in [0.4, 0.5) is 0 Å². The number of allylic oxidation sites excluding steroid dienone is 1. The largest absolute Gasteiger partial charge is 0.466 e. The Hall–Kier alpha value is -1.23. The van der Waals surface area contributed by atoms with E-state index in [1.54, 1.807) is 13.0 Å². The first-order valence-corrected chi connectivity index (χ1v) is 5.34. The standard InChI is InChI=1S/C13H20O2/c1-5-9-11-13(7-3,10-6-2)12(14)15-8-4/h6H,2,7-8,10-11H2,1,3-4H3. The van der Waals surface area contributed by atoms with E-state index in [-0.39, 0.29) is 5.97 Å². The third kappa shape index (κ3) is 3.79. The van der Waals surface area contributed by atoms with Gasteiger partial charge in [0.05, 0.1) is 12.0 Å². The van der Waals surface area contributed by atoms with Gasteiger partial charge < -0.3 is 4.74 Å². The Morgan fingerprint density at radius 1 is 1.53 bits per heavy atom. The normalized spacial score (nSPS) is 13.3. The number of carbonyl (C=O) groups is 1. The summed E-state index contributed by atoms with van der Waals surface area (Å²) < 4.78 is 5.09. The highest BCUT2D eigenvalue weighted by Gasteiger charge is 2.36. The van der Waals surface area contributed by atoms with Gasteiger partial charge >= 0.3 is 5.97 Å². The zero-order valence-electron chi connectivity index (χ0n) is 9.93. The zero-order chi connectivity index (χ0) is 11.7. The third-order valence-corrected chi connectivity index (χ3v) is 2.52. The molecule has 0 radical (unpaired) electrons. The highest BCUT2D eigenvalue weighted by atomic mass is 16.5. The monoisotopic (exact) mass is 208 g/mol. The number of rotatable bonds is 6. The quantitative estimate of drug-likeness (QED) is 0.381. The lowest BCUT2D eigenvalue weighted by Gasteiger charge is -2.26. The van der Waals surface area contributed by atoms with Gasteiger partial charge in [-0.1, -0.05) is 13.0 Å². The third-order valence-electron chi connectivity index (χ3n) is 2.52. The molecule has 0 fully saturated rings. The van der Waals surface area contributed by atoms with E-state index in [0.717, 1.165) is 6.42 Å². The molecule has 1 unspecified atom stereocenters. The molecule has 84 valence electrons. The fourth-order valence-corrected chi connectivity index (χ4v) is 1.46. The van der Waals surface area contributed by atoms with Gasteiger partial charge in [-0.15, -0.1) is 18.4 Å². The van der Waals surface area contributed by atoms with Crippen LogP contribution in [0.25, 0.3) is 0 Å². The summed E-state index contributed by atoms with van der Waals surface area (Å²) in [5.74, 6) is 5.63. The van der Waals surface area contributed by atoms with Gasteiger partial charge in [0, 0.05) is 6.42 Å². The van der Waals surface area contributed by atoms with E-state index in [0.29, 0.717) is 19.4 Å². The Balaban J connectivity index is 4.82. The summed E-state index contributed by atoms with van der Waals surface area (Å²) in [6.45, 7) is 9.68. The minimum atomic E-state index is -0.499. The van der Waals surface area contributed by atoms with Crippen LogP contribution in [-0.4, -0.2) is 12.6 Å². The number of hydrogen-bond donors (Lipinski definition) is 0. The second-order valence-corrected chi connectivity index (χ2v) is 3.45. The predicted octanol–water partition coefficient (Wildman–Crippen LogP) is 2.94. The number of ether oxygens (including phenoxy) is 1. The zero-order valence-corrected chi connectivity index (χ0v) is 9.93. The SMILES string of the molecule is C=CCC(CC)(CC#CC)C(=O)OCC. The lowest BCUT2D eigenvalue weighted by atomic mass is 9.79. The smallest absolute Gasteiger partial charge is 0.313 e. The van der Waals surface area contributed by atoms with Crippen molar-refractivity contribution >= 4 is 5.97 Å². The van der Waals surface area contributed by atoms with Crippen LogP contribution in [0, 0.1) is 17.3 Å². The molecule has 0 amide bonds. The summed E-state index contributed by atoms with van der Waals surface area (Å²) >= 11 is 0. The van der Waals surface area contributed by atoms with E-state index in [9.17, 15) is 4.79 Å². The summed E-state index contributed by atoms with van der Waals surface area (Å²) in [5.41, 5.74) is -0.499. The van der Waals surface area contributed by atoms with E-state index in [2.05, 4.69) is 18.4 Å². The fraction of sp³-hybridized carbons (Fsp3) is 0.615. The fourth-order valence-electron chi connectivity index (χ4n) is 1.46. The average Bonchev–Trinajstić information content (AvgIpc) is 2.24. The van der Waals surface area contributed by atoms with E-state index in [1.807, 2.05) is 13.8 Å². The Morgan fingerprint density at radius 2 is 2.20 bits per heavy atom. The first kappa shape index (κ1) is 13.8. The van der Waals surface area contributed by atoms with Crippen LogP contribution in [0.3, 0.4) is 0 Å². The van der Waals surface area contributed by atoms with Gasteiger partial charge in [0.25, 0.3) is 0 Å². The summed E-state index contributed by atoms with van der Waals surface area (Å²) in [5, 5.41) is 0. The van der Waals surface area contributed by atoms with E-state index < -0.39 is 5.41 Å². The highest BCUT2D eigenvalue weighted by Crippen LogP contribution is 2.32. The molecule has 15 heavy (non-hydrogen) atoms. The molecule has 0 aliphatic rings. The second-order valence-electron chi connectivity index (χ2n) is 3.45. The molecule has 0 aliphatic heterocycles. The molecule has 0 saturated carbocycles. The molecule has 1 atom stereocenters. The van der Waals surface area contributed by atoms with Crippen LogP contribution in [-0.2, 0) is 9.53 Å². The number of esters is 1. The van der Waals surface area contributed by atoms with Crippen molar-refractivity contribution in [2.75, 3.05) is 6.61 Å². The van der Waals surface area contributed by atoms with Crippen molar-refractivity contribution in [1.29, 1.82) is 0 Å². The van der Waals surface area contributed by atoms with E-state index in [1.165, 1.54) is 0 Å². The van der Waals surface area contributed by atoms with Crippen molar-refractivity contribution in [3.05, 3.63) is 12.7 Å². The van der Waals surface area contributed by atoms with Crippen molar-refractivity contribution in [2.45, 2.75) is 40.0 Å². The minimum absolute atomic E-state index is 0.157. The van der Waals surface area contributed by atoms with Gasteiger partial charge in [-0.05, 0) is 26.7 Å². The molecule has 2 heteroatoms. The molecular formula is C13H20O2. The lowest BCUT2D eigenvalue weighted by molar-refractivity contribution is -0.155. The van der Waals surface area contributed by atoms with Gasteiger partial charge in [0.15, 0.2) is 0 Å². The van der Waals surface area contributed by atoms with E-state index >= 15 is 0 Å². The van der Waals surface area contributed by atoms with Crippen molar-refractivity contribution in [1.82, 2.24) is 0 Å². The predicted molar refractivity (Wildman–Crippen MR) is 62.2 cm³/mol. The van der Waals surface area contributed by atoms with Crippen molar-refractivity contribution in [2.24, 2.45) is 5.41 Å². The van der Waals surface area contributed by atoms with Crippen LogP contribution in [0.5, 0.6) is 0 Å². The van der Waals surface area contributed by atoms with Gasteiger partial charge in [0.2, 0.25) is 0 Å². The van der Waals surface area contributed by atoms with Crippen LogP contribution in [0.15, 0.2) is 12.7 Å². The van der Waals surface area contributed by atoms with Crippen molar-refractivity contribution < 1.29 is 9.53 Å². The molecule has 0 saturated heterocycles. The molecule has 0 heterocycles. The maximum absolute atomic E-state index is 11.9. The summed E-state index contributed by atoms with van der Waals surface area (Å²) in [6, 6.07) is 0. The summed E-state index contributed by atoms with van der Waals surface area (Å²) in [4.78, 5) is 11.9. The number of hydrogen-bond acceptors (Lipinski definition) is 2. The summed E-state index contributed by atoms with van der Waals surface area (Å²) in [7, 11) is 0. The van der Waals surface area contributed by atoms with Gasteiger partial charge in [0.1, 0.15) is 0 Å². The first-order valence-electron chi connectivity index (χ1n) is 5.34. The lowest BCUT2D eigenvalue weighted by Crippen LogP contribution is -2.31. The van der Waals surface area contributed by atoms with Crippen LogP contribution >= 0.6 is 0 Å². The molecule has 0 bridgehead atoms. The topological polar surface area (TPSA) is 26.3 Å². The molecule has 0 aromatic rings. The molecule has 0 aromatic heterocycles. The van der Waals surface area contributed by atoms with E-state index in [4.69, 9.17) is 4.74 Å². The van der Waals surface area contributed by atoms with Gasteiger partial charge in [-0.3, -0.25) is 4.79 Å². The van der Waals surface area contributed by atoms with Gasteiger partial charge in [-0.25, -0.2) is 0 Å². The summed E-state index contributed by atoms with van der Waals surface area (Å²) in [6.07, 6.45) is 3.66. The Bertz CT molecular complexity index is 270. The first-order chi connectivity index (χ1) is 7.16. The maximum atomic E-state index is 11.9. The van der Waals surface area contributed by atoms with Crippen molar-refractivity contribution in [3.8, 4) is 11.8 Å². The van der Waals surface area contributed by atoms with Crippen LogP contribution in [0.2, 0.25) is 0 Å². The Kier molecular flexibility index (Phi) is 6.53. The van der Waals surface area contributed by atoms with Crippen molar-refractivity contribution in [3.63, 3.8) is 0 Å². The Labute approximate surface area is 92.7 Å². The molecule has 0 N–H and O–H groups in total. The van der Waals surface area contributed by atoms with Crippen LogP contribution in [0.1, 0.15) is 40.0 Å². The molecule has 2 nitrogen and oxygen atoms in total. The Morgan fingerprint density at radius 3 is 2.60 bits per heavy atom. The molecule has 0 spiro atoms. The highest BCUT2D eigenvalue weighted by molar-refractivity contribution is 5.77. The minimum Gasteiger partial charge on any atom is -0.466 e. The second kappa shape index (κ2) is 7.11. The van der Waals surface area contributed by atoms with Gasteiger partial charge in [-0.2, -0.15) is 0 Å².